The minimum Gasteiger partial charge on any atom is -0.481 e. The summed E-state index contributed by atoms with van der Waals surface area (Å²) >= 11 is 1.17. The molecule has 1 aliphatic rings. The van der Waals surface area contributed by atoms with Gasteiger partial charge in [-0.2, -0.15) is 0 Å². The fraction of sp³-hybridized carbons (Fsp3) is 0.818. The molecule has 1 N–H and O–H groups in total. The number of carboxylic acid groups (broad SMARTS) is 1. The van der Waals surface area contributed by atoms with Crippen LogP contribution in [-0.4, -0.2) is 70.5 Å². The Morgan fingerprint density at radius 1 is 1.18 bits per heavy atom. The lowest BCUT2D eigenvalue weighted by Gasteiger charge is -2.36. The molecule has 1 saturated heterocycles. The van der Waals surface area contributed by atoms with Gasteiger partial charge in [0, 0.05) is 32.2 Å². The molecule has 0 bridgehead atoms. The van der Waals surface area contributed by atoms with Gasteiger partial charge in [0.25, 0.3) is 0 Å². The molecule has 0 aromatic rings. The maximum Gasteiger partial charge on any atom is 0.313 e. The van der Waals surface area contributed by atoms with Crippen molar-refractivity contribution in [3.63, 3.8) is 0 Å². The SMILES string of the molecule is CC(C)N1CCN(C(=O)CSCC(=O)O)CC1. The van der Waals surface area contributed by atoms with Crippen LogP contribution in [0.4, 0.5) is 0 Å². The number of amides is 1. The van der Waals surface area contributed by atoms with Gasteiger partial charge in [0.2, 0.25) is 5.91 Å². The van der Waals surface area contributed by atoms with Gasteiger partial charge in [-0.05, 0) is 13.8 Å². The van der Waals surface area contributed by atoms with Crippen molar-refractivity contribution < 1.29 is 14.7 Å². The highest BCUT2D eigenvalue weighted by Crippen LogP contribution is 2.08. The molecular formula is C11H20N2O3S. The summed E-state index contributed by atoms with van der Waals surface area (Å²) < 4.78 is 0. The second kappa shape index (κ2) is 6.86. The number of thioether (sulfide) groups is 1. The fourth-order valence-electron chi connectivity index (χ4n) is 1.80. The van der Waals surface area contributed by atoms with Crippen molar-refractivity contribution in [1.29, 1.82) is 0 Å². The Morgan fingerprint density at radius 3 is 2.24 bits per heavy atom. The summed E-state index contributed by atoms with van der Waals surface area (Å²) in [7, 11) is 0. The highest BCUT2D eigenvalue weighted by molar-refractivity contribution is 8.00. The van der Waals surface area contributed by atoms with E-state index in [0.29, 0.717) is 6.04 Å². The van der Waals surface area contributed by atoms with E-state index in [1.807, 2.05) is 4.90 Å². The first-order valence-corrected chi connectivity index (χ1v) is 6.97. The first-order valence-electron chi connectivity index (χ1n) is 5.82. The largest absolute Gasteiger partial charge is 0.481 e. The Morgan fingerprint density at radius 2 is 1.76 bits per heavy atom. The molecule has 1 rings (SSSR count). The number of carbonyl (C=O) groups is 2. The number of aliphatic carboxylic acids is 1. The van der Waals surface area contributed by atoms with Crippen LogP contribution in [0.15, 0.2) is 0 Å². The number of hydrogen-bond donors (Lipinski definition) is 1. The molecule has 1 amide bonds. The van der Waals surface area contributed by atoms with Crippen LogP contribution in [0, 0.1) is 0 Å². The third kappa shape index (κ3) is 4.95. The minimum atomic E-state index is -0.868. The maximum absolute atomic E-state index is 11.7. The summed E-state index contributed by atoms with van der Waals surface area (Å²) in [5.74, 6) is -0.543. The van der Waals surface area contributed by atoms with E-state index in [9.17, 15) is 9.59 Å². The maximum atomic E-state index is 11.7. The van der Waals surface area contributed by atoms with Gasteiger partial charge in [-0.1, -0.05) is 0 Å². The van der Waals surface area contributed by atoms with E-state index in [4.69, 9.17) is 5.11 Å². The molecular weight excluding hydrogens is 240 g/mol. The van der Waals surface area contributed by atoms with E-state index in [1.165, 1.54) is 11.8 Å². The van der Waals surface area contributed by atoms with Gasteiger partial charge in [0.15, 0.2) is 0 Å². The van der Waals surface area contributed by atoms with Crippen molar-refractivity contribution >= 4 is 23.6 Å². The van der Waals surface area contributed by atoms with Gasteiger partial charge in [-0.3, -0.25) is 14.5 Å². The molecule has 98 valence electrons. The Kier molecular flexibility index (Phi) is 5.77. The zero-order valence-corrected chi connectivity index (χ0v) is 11.2. The van der Waals surface area contributed by atoms with Crippen LogP contribution in [0.5, 0.6) is 0 Å². The van der Waals surface area contributed by atoms with Crippen LogP contribution >= 0.6 is 11.8 Å². The van der Waals surface area contributed by atoms with Crippen molar-refractivity contribution in [3.8, 4) is 0 Å². The molecule has 0 radical (unpaired) electrons. The van der Waals surface area contributed by atoms with Gasteiger partial charge in [-0.25, -0.2) is 0 Å². The van der Waals surface area contributed by atoms with E-state index in [1.54, 1.807) is 0 Å². The zero-order valence-electron chi connectivity index (χ0n) is 10.4. The van der Waals surface area contributed by atoms with Crippen molar-refractivity contribution in [1.82, 2.24) is 9.80 Å². The Balaban J connectivity index is 2.24. The van der Waals surface area contributed by atoms with Crippen LogP contribution in [0.3, 0.4) is 0 Å². The van der Waals surface area contributed by atoms with E-state index in [0.717, 1.165) is 26.2 Å². The van der Waals surface area contributed by atoms with Crippen LogP contribution in [0.2, 0.25) is 0 Å². The predicted octanol–water partition coefficient (Wildman–Crippen LogP) is 0.357. The molecule has 0 atom stereocenters. The fourth-order valence-corrected chi connectivity index (χ4v) is 2.44. The van der Waals surface area contributed by atoms with Crippen LogP contribution in [0.25, 0.3) is 0 Å². The summed E-state index contributed by atoms with van der Waals surface area (Å²) in [5.41, 5.74) is 0. The third-order valence-electron chi connectivity index (χ3n) is 2.85. The molecule has 0 unspecified atom stereocenters. The number of nitrogens with zero attached hydrogens (tertiary/aromatic N) is 2. The van der Waals surface area contributed by atoms with Gasteiger partial charge in [0.1, 0.15) is 0 Å². The van der Waals surface area contributed by atoms with Gasteiger partial charge >= 0.3 is 5.97 Å². The Hall–Kier alpha value is -0.750. The monoisotopic (exact) mass is 260 g/mol. The number of rotatable bonds is 5. The lowest BCUT2D eigenvalue weighted by Crippen LogP contribution is -2.51. The summed E-state index contributed by atoms with van der Waals surface area (Å²) in [5, 5.41) is 8.48. The molecule has 1 aliphatic heterocycles. The standard InChI is InChI=1S/C11H20N2O3S/c1-9(2)12-3-5-13(6-4-12)10(14)7-17-8-11(15)16/h9H,3-8H2,1-2H3,(H,15,16). The molecule has 0 aromatic heterocycles. The lowest BCUT2D eigenvalue weighted by molar-refractivity contribution is -0.133. The molecule has 5 nitrogen and oxygen atoms in total. The topological polar surface area (TPSA) is 60.9 Å². The van der Waals surface area contributed by atoms with Gasteiger partial charge < -0.3 is 10.0 Å². The van der Waals surface area contributed by atoms with Gasteiger partial charge in [-0.15, -0.1) is 11.8 Å². The Bertz CT molecular complexity index is 276. The molecule has 1 heterocycles. The third-order valence-corrected chi connectivity index (χ3v) is 3.75. The highest BCUT2D eigenvalue weighted by Gasteiger charge is 2.22. The summed E-state index contributed by atoms with van der Waals surface area (Å²) in [6, 6.07) is 0.522. The summed E-state index contributed by atoms with van der Waals surface area (Å²) in [4.78, 5) is 26.2. The Labute approximate surface area is 106 Å². The molecule has 0 spiro atoms. The molecule has 0 saturated carbocycles. The van der Waals surface area contributed by atoms with E-state index in [-0.39, 0.29) is 17.4 Å². The highest BCUT2D eigenvalue weighted by atomic mass is 32.2. The minimum absolute atomic E-state index is 0.00228. The summed E-state index contributed by atoms with van der Waals surface area (Å²) in [6.07, 6.45) is 0. The molecule has 0 aliphatic carbocycles. The van der Waals surface area contributed by atoms with Crippen molar-refractivity contribution in [2.45, 2.75) is 19.9 Å². The van der Waals surface area contributed by atoms with E-state index >= 15 is 0 Å². The predicted molar refractivity (Wildman–Crippen MR) is 68.2 cm³/mol. The van der Waals surface area contributed by atoms with Crippen LogP contribution < -0.4 is 0 Å². The first-order chi connectivity index (χ1) is 8.00. The van der Waals surface area contributed by atoms with Crippen LogP contribution in [0.1, 0.15) is 13.8 Å². The number of piperazine rings is 1. The first kappa shape index (κ1) is 14.3. The number of hydrogen-bond acceptors (Lipinski definition) is 4. The van der Waals surface area contributed by atoms with Crippen molar-refractivity contribution in [2.75, 3.05) is 37.7 Å². The second-order valence-corrected chi connectivity index (χ2v) is 5.38. The number of carbonyl (C=O) groups excluding carboxylic acids is 1. The number of carboxylic acids is 1. The van der Waals surface area contributed by atoms with Gasteiger partial charge in [0.05, 0.1) is 11.5 Å². The van der Waals surface area contributed by atoms with E-state index in [2.05, 4.69) is 18.7 Å². The zero-order chi connectivity index (χ0) is 12.8. The second-order valence-electron chi connectivity index (χ2n) is 4.40. The van der Waals surface area contributed by atoms with Crippen molar-refractivity contribution in [2.24, 2.45) is 0 Å². The average Bonchev–Trinajstić information content (AvgIpc) is 2.28. The molecule has 6 heteroatoms. The smallest absolute Gasteiger partial charge is 0.313 e. The lowest BCUT2D eigenvalue weighted by atomic mass is 10.2. The van der Waals surface area contributed by atoms with Crippen LogP contribution in [-0.2, 0) is 9.59 Å². The molecule has 0 aromatic carbocycles. The summed E-state index contributed by atoms with van der Waals surface area (Å²) in [6.45, 7) is 7.63. The van der Waals surface area contributed by atoms with Crippen molar-refractivity contribution in [3.05, 3.63) is 0 Å². The normalized spacial score (nSPS) is 17.5. The molecule has 1 fully saturated rings. The van der Waals surface area contributed by atoms with E-state index < -0.39 is 5.97 Å². The quantitative estimate of drug-likeness (QED) is 0.773. The average molecular weight is 260 g/mol. The molecule has 17 heavy (non-hydrogen) atoms.